The second-order valence-electron chi connectivity index (χ2n) is 11.8. The molecule has 0 bridgehead atoms. The second-order valence-corrected chi connectivity index (χ2v) is 11.8. The maximum atomic E-state index is 14.0. The molecule has 1 saturated heterocycles. The van der Waals surface area contributed by atoms with Crippen molar-refractivity contribution in [3.05, 3.63) is 94.5 Å². The lowest BCUT2D eigenvalue weighted by molar-refractivity contribution is -0.137. The standard InChI is InChI=1S/C33H35F3N2O3/c1-2-16-37-17-13-22(20-37)21-41-28-10-5-23(6-11-28)30-29-12-9-27(39)18-25(29)19-32(14-15-32)38(30)31(40)24-3-7-26(8-4-24)33(34,35)36/h3-12,18,22,30,39H,2,13-17,19-21H2,1H3. The molecule has 0 aromatic heterocycles. The summed E-state index contributed by atoms with van der Waals surface area (Å²) in [5, 5.41) is 10.2. The van der Waals surface area contributed by atoms with Crippen LogP contribution < -0.4 is 4.74 Å². The van der Waals surface area contributed by atoms with Crippen LogP contribution in [-0.4, -0.2) is 52.6 Å². The van der Waals surface area contributed by atoms with Gasteiger partial charge in [-0.2, -0.15) is 13.2 Å². The molecule has 1 N–H and O–H groups in total. The molecule has 1 saturated carbocycles. The third-order valence-corrected chi connectivity index (χ3v) is 8.81. The fraction of sp³-hybridized carbons (Fsp3) is 0.424. The molecule has 2 fully saturated rings. The monoisotopic (exact) mass is 564 g/mol. The number of amides is 1. The van der Waals surface area contributed by atoms with Crippen LogP contribution in [0.4, 0.5) is 13.2 Å². The summed E-state index contributed by atoms with van der Waals surface area (Å²) in [6.45, 7) is 6.15. The number of alkyl halides is 3. The lowest BCUT2D eigenvalue weighted by atomic mass is 9.82. The van der Waals surface area contributed by atoms with Gasteiger partial charge in [-0.05, 0) is 110 Å². The van der Waals surface area contributed by atoms with E-state index in [1.165, 1.54) is 12.1 Å². The molecule has 216 valence electrons. The van der Waals surface area contributed by atoms with Crippen molar-refractivity contribution >= 4 is 5.91 Å². The highest BCUT2D eigenvalue weighted by Gasteiger charge is 2.56. The summed E-state index contributed by atoms with van der Waals surface area (Å²) >= 11 is 0. The average molecular weight is 565 g/mol. The molecule has 1 spiro atoms. The zero-order valence-corrected chi connectivity index (χ0v) is 23.2. The number of benzene rings is 3. The van der Waals surface area contributed by atoms with Crippen molar-refractivity contribution in [2.75, 3.05) is 26.2 Å². The van der Waals surface area contributed by atoms with E-state index in [0.717, 1.165) is 79.9 Å². The highest BCUT2D eigenvalue weighted by molar-refractivity contribution is 5.96. The van der Waals surface area contributed by atoms with Crippen LogP contribution in [0.3, 0.4) is 0 Å². The van der Waals surface area contributed by atoms with Crippen molar-refractivity contribution in [1.82, 2.24) is 9.80 Å². The number of rotatable bonds is 7. The van der Waals surface area contributed by atoms with Gasteiger partial charge < -0.3 is 19.6 Å². The number of aromatic hydroxyl groups is 1. The number of carbonyl (C=O) groups is 1. The molecule has 8 heteroatoms. The Hall–Kier alpha value is -3.52. The van der Waals surface area contributed by atoms with E-state index >= 15 is 0 Å². The molecule has 41 heavy (non-hydrogen) atoms. The third-order valence-electron chi connectivity index (χ3n) is 8.81. The summed E-state index contributed by atoms with van der Waals surface area (Å²) in [7, 11) is 0. The van der Waals surface area contributed by atoms with Gasteiger partial charge in [0.2, 0.25) is 0 Å². The zero-order chi connectivity index (χ0) is 28.8. The van der Waals surface area contributed by atoms with Crippen molar-refractivity contribution in [2.24, 2.45) is 5.92 Å². The highest BCUT2D eigenvalue weighted by atomic mass is 19.4. The molecule has 2 atom stereocenters. The first kappa shape index (κ1) is 27.6. The Morgan fingerprint density at radius 2 is 1.78 bits per heavy atom. The number of phenols is 1. The van der Waals surface area contributed by atoms with Crippen molar-refractivity contribution in [3.8, 4) is 11.5 Å². The molecule has 3 aromatic carbocycles. The Kier molecular flexibility index (Phi) is 7.22. The van der Waals surface area contributed by atoms with Crippen LogP contribution in [0.1, 0.15) is 71.3 Å². The number of nitrogens with zero attached hydrogens (tertiary/aromatic N) is 2. The van der Waals surface area contributed by atoms with E-state index in [9.17, 15) is 23.1 Å². The van der Waals surface area contributed by atoms with Crippen LogP contribution in [0.5, 0.6) is 11.5 Å². The Labute approximate surface area is 238 Å². The van der Waals surface area contributed by atoms with E-state index in [1.807, 2.05) is 35.2 Å². The number of likely N-dealkylation sites (tertiary alicyclic amines) is 1. The van der Waals surface area contributed by atoms with Gasteiger partial charge >= 0.3 is 6.18 Å². The number of phenolic OH excluding ortho intramolecular Hbond substituents is 1. The van der Waals surface area contributed by atoms with Crippen molar-refractivity contribution in [3.63, 3.8) is 0 Å². The summed E-state index contributed by atoms with van der Waals surface area (Å²) in [6.07, 6.45) is -0.00166. The first-order valence-electron chi connectivity index (χ1n) is 14.4. The summed E-state index contributed by atoms with van der Waals surface area (Å²) < 4.78 is 45.7. The minimum atomic E-state index is -4.47. The quantitative estimate of drug-likeness (QED) is 0.341. The minimum Gasteiger partial charge on any atom is -0.508 e. The molecular weight excluding hydrogens is 529 g/mol. The first-order valence-corrected chi connectivity index (χ1v) is 14.4. The molecule has 2 heterocycles. The molecule has 1 aliphatic carbocycles. The Morgan fingerprint density at radius 1 is 1.05 bits per heavy atom. The number of hydrogen-bond acceptors (Lipinski definition) is 4. The first-order chi connectivity index (χ1) is 19.7. The van der Waals surface area contributed by atoms with Crippen molar-refractivity contribution in [1.29, 1.82) is 0 Å². The SMILES string of the molecule is CCCN1CCC(COc2ccc(C3c4ccc(O)cc4CC4(CC4)N3C(=O)c3ccc(C(F)(F)F)cc3)cc2)C1. The molecule has 2 unspecified atom stereocenters. The van der Waals surface area contributed by atoms with Gasteiger partial charge in [0.15, 0.2) is 0 Å². The molecule has 2 aliphatic heterocycles. The lowest BCUT2D eigenvalue weighted by Gasteiger charge is -2.44. The van der Waals surface area contributed by atoms with Crippen molar-refractivity contribution < 1.29 is 27.8 Å². The predicted octanol–water partition coefficient (Wildman–Crippen LogP) is 6.84. The van der Waals surface area contributed by atoms with Crippen LogP contribution in [0.2, 0.25) is 0 Å². The van der Waals surface area contributed by atoms with Crippen LogP contribution in [0.15, 0.2) is 66.7 Å². The Bertz CT molecular complexity index is 1400. The number of hydrogen-bond donors (Lipinski definition) is 1. The van der Waals surface area contributed by atoms with Gasteiger partial charge in [-0.1, -0.05) is 25.1 Å². The molecule has 1 amide bonds. The maximum Gasteiger partial charge on any atom is 0.416 e. The van der Waals surface area contributed by atoms with E-state index in [0.29, 0.717) is 18.9 Å². The van der Waals surface area contributed by atoms with Crippen LogP contribution in [-0.2, 0) is 12.6 Å². The van der Waals surface area contributed by atoms with Gasteiger partial charge in [0, 0.05) is 23.6 Å². The van der Waals surface area contributed by atoms with Crippen LogP contribution >= 0.6 is 0 Å². The number of carbonyl (C=O) groups excluding carboxylic acids is 1. The van der Waals surface area contributed by atoms with E-state index in [2.05, 4.69) is 11.8 Å². The molecule has 0 radical (unpaired) electrons. The zero-order valence-electron chi connectivity index (χ0n) is 23.2. The maximum absolute atomic E-state index is 14.0. The van der Waals surface area contributed by atoms with Crippen LogP contribution in [0.25, 0.3) is 0 Å². The average Bonchev–Trinajstić information content (AvgIpc) is 3.56. The summed E-state index contributed by atoms with van der Waals surface area (Å²) in [5.41, 5.74) is 1.80. The second kappa shape index (κ2) is 10.7. The van der Waals surface area contributed by atoms with Gasteiger partial charge in [0.05, 0.1) is 18.2 Å². The van der Waals surface area contributed by atoms with Gasteiger partial charge in [-0.3, -0.25) is 4.79 Å². The van der Waals surface area contributed by atoms with E-state index < -0.39 is 23.3 Å². The summed E-state index contributed by atoms with van der Waals surface area (Å²) in [4.78, 5) is 18.4. The van der Waals surface area contributed by atoms with E-state index in [-0.39, 0.29) is 17.2 Å². The van der Waals surface area contributed by atoms with Gasteiger partial charge in [0.25, 0.3) is 5.91 Å². The lowest BCUT2D eigenvalue weighted by Crippen LogP contribution is -2.49. The Morgan fingerprint density at radius 3 is 2.44 bits per heavy atom. The fourth-order valence-corrected chi connectivity index (χ4v) is 6.56. The number of halogens is 3. The van der Waals surface area contributed by atoms with E-state index in [1.54, 1.807) is 12.1 Å². The van der Waals surface area contributed by atoms with Gasteiger partial charge in [0.1, 0.15) is 11.5 Å². The molecule has 6 rings (SSSR count). The topological polar surface area (TPSA) is 53.0 Å². The Balaban J connectivity index is 1.28. The highest BCUT2D eigenvalue weighted by Crippen LogP contribution is 2.55. The molecule has 5 nitrogen and oxygen atoms in total. The smallest absolute Gasteiger partial charge is 0.416 e. The fourth-order valence-electron chi connectivity index (χ4n) is 6.56. The van der Waals surface area contributed by atoms with E-state index in [4.69, 9.17) is 4.74 Å². The van der Waals surface area contributed by atoms with Gasteiger partial charge in [-0.15, -0.1) is 0 Å². The van der Waals surface area contributed by atoms with Crippen molar-refractivity contribution in [2.45, 2.75) is 56.8 Å². The molecule has 3 aliphatic rings. The summed E-state index contributed by atoms with van der Waals surface area (Å²) in [5.74, 6) is 1.16. The molecule has 3 aromatic rings. The van der Waals surface area contributed by atoms with Crippen LogP contribution in [0, 0.1) is 5.92 Å². The largest absolute Gasteiger partial charge is 0.508 e. The normalized spacial score (nSPS) is 21.6. The molecular formula is C33H35F3N2O3. The minimum absolute atomic E-state index is 0.175. The summed E-state index contributed by atoms with van der Waals surface area (Å²) in [6, 6.07) is 17.1. The third kappa shape index (κ3) is 5.54. The number of fused-ring (bicyclic) bond motifs is 1. The van der Waals surface area contributed by atoms with Gasteiger partial charge in [-0.25, -0.2) is 0 Å². The number of ether oxygens (including phenoxy) is 1. The predicted molar refractivity (Wildman–Crippen MR) is 150 cm³/mol.